The summed E-state index contributed by atoms with van der Waals surface area (Å²) in [6.07, 6.45) is 12.2. The molecule has 1 unspecified atom stereocenters. The van der Waals surface area contributed by atoms with Crippen molar-refractivity contribution in [2.45, 2.75) is 106 Å². The van der Waals surface area contributed by atoms with Gasteiger partial charge in [0.15, 0.2) is 0 Å². The summed E-state index contributed by atoms with van der Waals surface area (Å²) in [4.78, 5) is 28.7. The molecule has 0 aromatic heterocycles. The number of hydrogen-bond acceptors (Lipinski definition) is 3. The number of amides is 2. The molecule has 5 nitrogen and oxygen atoms in total. The zero-order chi connectivity index (χ0) is 25.8. The van der Waals surface area contributed by atoms with E-state index in [0.717, 1.165) is 53.3 Å². The van der Waals surface area contributed by atoms with Gasteiger partial charge in [-0.05, 0) is 67.6 Å². The summed E-state index contributed by atoms with van der Waals surface area (Å²) in [5.74, 6) is -1.24. The van der Waals surface area contributed by atoms with Gasteiger partial charge in [-0.1, -0.05) is 82.7 Å². The maximum absolute atomic E-state index is 13.2. The fourth-order valence-electron chi connectivity index (χ4n) is 4.87. The van der Waals surface area contributed by atoms with E-state index in [0.29, 0.717) is 12.5 Å². The normalized spacial score (nSPS) is 14.8. The number of benzene rings is 2. The highest BCUT2D eigenvalue weighted by Crippen LogP contribution is 2.31. The molecule has 36 heavy (non-hydrogen) atoms. The quantitative estimate of drug-likeness (QED) is 0.266. The van der Waals surface area contributed by atoms with Crippen molar-refractivity contribution in [3.05, 3.63) is 54.1 Å². The van der Waals surface area contributed by atoms with E-state index in [1.54, 1.807) is 11.8 Å². The lowest BCUT2D eigenvalue weighted by Gasteiger charge is -2.28. The van der Waals surface area contributed by atoms with Gasteiger partial charge < -0.3 is 10.4 Å². The molecular weight excluding hydrogens is 468 g/mol. The van der Waals surface area contributed by atoms with E-state index in [1.165, 1.54) is 38.5 Å². The Morgan fingerprint density at radius 3 is 2.11 bits per heavy atom. The Morgan fingerprint density at radius 1 is 0.917 bits per heavy atom. The van der Waals surface area contributed by atoms with Crippen molar-refractivity contribution in [3.8, 4) is 0 Å². The smallest absolute Gasteiger partial charge is 0.322 e. The van der Waals surface area contributed by atoms with Crippen molar-refractivity contribution in [1.29, 1.82) is 0 Å². The molecule has 6 heteroatoms. The first-order valence-electron chi connectivity index (χ1n) is 13.7. The lowest BCUT2D eigenvalue weighted by molar-refractivity contribution is -0.138. The Balaban J connectivity index is 1.65. The van der Waals surface area contributed by atoms with Crippen LogP contribution in [0.3, 0.4) is 0 Å². The fraction of sp³-hybridized carbons (Fsp3) is 0.533. The van der Waals surface area contributed by atoms with Crippen LogP contribution in [0.2, 0.25) is 0 Å². The average molecular weight is 511 g/mol. The van der Waals surface area contributed by atoms with Crippen molar-refractivity contribution in [2.75, 3.05) is 11.4 Å². The number of aliphatic carboxylic acids is 1. The van der Waals surface area contributed by atoms with Gasteiger partial charge in [0.25, 0.3) is 0 Å². The van der Waals surface area contributed by atoms with E-state index in [2.05, 4.69) is 24.4 Å². The second-order valence-corrected chi connectivity index (χ2v) is 11.0. The van der Waals surface area contributed by atoms with E-state index in [4.69, 9.17) is 0 Å². The summed E-state index contributed by atoms with van der Waals surface area (Å²) in [5.41, 5.74) is 1.77. The van der Waals surface area contributed by atoms with Crippen molar-refractivity contribution >= 4 is 29.4 Å². The number of nitrogens with zero attached hydrogens (tertiary/aromatic N) is 1. The zero-order valence-electron chi connectivity index (χ0n) is 21.9. The molecule has 2 aromatic rings. The minimum Gasteiger partial charge on any atom is -0.481 e. The van der Waals surface area contributed by atoms with Crippen LogP contribution in [0.15, 0.2) is 58.3 Å². The summed E-state index contributed by atoms with van der Waals surface area (Å²) in [6.45, 7) is 4.85. The predicted octanol–water partition coefficient (Wildman–Crippen LogP) is 8.24. The van der Waals surface area contributed by atoms with E-state index in [1.807, 2.05) is 48.2 Å². The number of carboxylic acids is 1. The molecule has 1 atom stereocenters. The molecule has 2 amide bonds. The van der Waals surface area contributed by atoms with Crippen LogP contribution in [-0.2, 0) is 4.79 Å². The molecule has 0 aliphatic heterocycles. The lowest BCUT2D eigenvalue weighted by Crippen LogP contribution is -2.46. The SMILES string of the molecule is CCCCCCCN(C(=O)NC1CCCCC1)c1ccc(Sc2ccc(C(CC)C(=O)O)cc2)cc1. The summed E-state index contributed by atoms with van der Waals surface area (Å²) >= 11 is 1.64. The van der Waals surface area contributed by atoms with E-state index in [-0.39, 0.29) is 6.03 Å². The van der Waals surface area contributed by atoms with Crippen molar-refractivity contribution in [3.63, 3.8) is 0 Å². The molecule has 1 fully saturated rings. The van der Waals surface area contributed by atoms with Gasteiger partial charge in [0.05, 0.1) is 5.92 Å². The Hall–Kier alpha value is -2.47. The maximum Gasteiger partial charge on any atom is 0.322 e. The van der Waals surface area contributed by atoms with E-state index >= 15 is 0 Å². The number of carbonyl (C=O) groups excluding carboxylic acids is 1. The van der Waals surface area contributed by atoms with Crippen LogP contribution >= 0.6 is 11.8 Å². The highest BCUT2D eigenvalue weighted by atomic mass is 32.2. The summed E-state index contributed by atoms with van der Waals surface area (Å²) in [6, 6.07) is 16.3. The molecule has 2 aromatic carbocycles. The topological polar surface area (TPSA) is 69.6 Å². The molecule has 1 aliphatic carbocycles. The Morgan fingerprint density at radius 2 is 1.53 bits per heavy atom. The van der Waals surface area contributed by atoms with Crippen LogP contribution < -0.4 is 10.2 Å². The summed E-state index contributed by atoms with van der Waals surface area (Å²) in [5, 5.41) is 12.7. The molecule has 1 aliphatic rings. The molecular formula is C30H42N2O3S. The number of hydrogen-bond donors (Lipinski definition) is 2. The van der Waals surface area contributed by atoms with Gasteiger partial charge in [-0.3, -0.25) is 9.69 Å². The van der Waals surface area contributed by atoms with Crippen molar-refractivity contribution in [1.82, 2.24) is 5.32 Å². The highest BCUT2D eigenvalue weighted by Gasteiger charge is 2.21. The molecule has 2 N–H and O–H groups in total. The monoisotopic (exact) mass is 510 g/mol. The van der Waals surface area contributed by atoms with Crippen LogP contribution in [0.4, 0.5) is 10.5 Å². The number of rotatable bonds is 13. The number of carbonyl (C=O) groups is 2. The van der Waals surface area contributed by atoms with Gasteiger partial charge in [-0.25, -0.2) is 4.79 Å². The average Bonchev–Trinajstić information content (AvgIpc) is 2.88. The third-order valence-electron chi connectivity index (χ3n) is 7.04. The highest BCUT2D eigenvalue weighted by molar-refractivity contribution is 7.99. The van der Waals surface area contributed by atoms with Gasteiger partial charge >= 0.3 is 12.0 Å². The lowest BCUT2D eigenvalue weighted by atomic mass is 9.96. The van der Waals surface area contributed by atoms with Crippen molar-refractivity contribution in [2.24, 2.45) is 0 Å². The third kappa shape index (κ3) is 8.58. The number of nitrogens with one attached hydrogen (secondary N) is 1. The second-order valence-electron chi connectivity index (χ2n) is 9.81. The number of carboxylic acid groups (broad SMARTS) is 1. The van der Waals surface area contributed by atoms with Crippen molar-refractivity contribution < 1.29 is 14.7 Å². The zero-order valence-corrected chi connectivity index (χ0v) is 22.7. The standard InChI is InChI=1S/C30H42N2O3S/c1-3-5-6-7-11-22-32(30(35)31-24-12-9-8-10-13-24)25-16-20-27(21-17-25)36-26-18-14-23(15-19-26)28(4-2)29(33)34/h14-21,24,28H,3-13,22H2,1-2H3,(H,31,35)(H,33,34). The second kappa shape index (κ2) is 14.9. The van der Waals surface area contributed by atoms with Gasteiger partial charge in [0.1, 0.15) is 0 Å². The predicted molar refractivity (Wildman–Crippen MR) is 149 cm³/mol. The molecule has 196 valence electrons. The summed E-state index contributed by atoms with van der Waals surface area (Å²) < 4.78 is 0. The molecule has 0 radical (unpaired) electrons. The number of unbranched alkanes of at least 4 members (excludes halogenated alkanes) is 4. The first kappa shape index (κ1) is 28.1. The first-order valence-corrected chi connectivity index (χ1v) is 14.5. The minimum atomic E-state index is -0.782. The number of anilines is 1. The number of urea groups is 1. The molecule has 0 heterocycles. The van der Waals surface area contributed by atoms with Gasteiger partial charge in [-0.2, -0.15) is 0 Å². The Bertz CT molecular complexity index is 940. The summed E-state index contributed by atoms with van der Waals surface area (Å²) in [7, 11) is 0. The molecule has 0 spiro atoms. The molecule has 0 saturated heterocycles. The van der Waals surface area contributed by atoms with Crippen LogP contribution in [0.1, 0.15) is 96.0 Å². The fourth-order valence-corrected chi connectivity index (χ4v) is 5.69. The largest absolute Gasteiger partial charge is 0.481 e. The van der Waals surface area contributed by atoms with Gasteiger partial charge in [-0.15, -0.1) is 0 Å². The van der Waals surface area contributed by atoms with Crippen LogP contribution in [-0.4, -0.2) is 29.7 Å². The molecule has 3 rings (SSSR count). The van der Waals surface area contributed by atoms with Gasteiger partial charge in [0.2, 0.25) is 0 Å². The van der Waals surface area contributed by atoms with E-state index in [9.17, 15) is 14.7 Å². The van der Waals surface area contributed by atoms with Crippen LogP contribution in [0.25, 0.3) is 0 Å². The van der Waals surface area contributed by atoms with Crippen LogP contribution in [0, 0.1) is 0 Å². The molecule has 0 bridgehead atoms. The third-order valence-corrected chi connectivity index (χ3v) is 8.05. The Labute approximate surface area is 221 Å². The van der Waals surface area contributed by atoms with Gasteiger partial charge in [0, 0.05) is 28.1 Å². The Kier molecular flexibility index (Phi) is 11.7. The van der Waals surface area contributed by atoms with Crippen LogP contribution in [0.5, 0.6) is 0 Å². The van der Waals surface area contributed by atoms with E-state index < -0.39 is 11.9 Å². The first-order chi connectivity index (χ1) is 17.5. The minimum absolute atomic E-state index is 0.0253. The molecule has 1 saturated carbocycles. The maximum atomic E-state index is 13.2.